The fraction of sp³-hybridized carbons (Fsp3) is 0.316. The predicted molar refractivity (Wildman–Crippen MR) is 99.9 cm³/mol. The molecule has 5 heteroatoms. The fourth-order valence-electron chi connectivity index (χ4n) is 2.95. The molecule has 1 aliphatic rings. The molecule has 0 aliphatic carbocycles. The van der Waals surface area contributed by atoms with E-state index in [1.54, 1.807) is 0 Å². The number of para-hydroxylation sites is 2. The summed E-state index contributed by atoms with van der Waals surface area (Å²) in [6.07, 6.45) is 0. The zero-order valence-electron chi connectivity index (χ0n) is 13.7. The summed E-state index contributed by atoms with van der Waals surface area (Å²) >= 11 is 3.46. The van der Waals surface area contributed by atoms with Gasteiger partial charge in [-0.3, -0.25) is 4.79 Å². The van der Waals surface area contributed by atoms with Crippen molar-refractivity contribution in [3.8, 4) is 5.75 Å². The highest BCUT2D eigenvalue weighted by Gasteiger charge is 2.24. The van der Waals surface area contributed by atoms with Gasteiger partial charge in [-0.2, -0.15) is 0 Å². The van der Waals surface area contributed by atoms with Crippen molar-refractivity contribution < 1.29 is 9.53 Å². The molecule has 1 saturated heterocycles. The van der Waals surface area contributed by atoms with Gasteiger partial charge in [0.25, 0.3) is 5.91 Å². The number of hydrogen-bond donors (Lipinski definition) is 0. The standard InChI is InChI=1S/C19H21BrN2O2/c1-2-24-18-10-6-5-9-17(18)21-11-13-22(14-12-21)19(23)15-7-3-4-8-16(15)20/h3-10H,2,11-14H2,1H3. The van der Waals surface area contributed by atoms with Crippen LogP contribution in [0.3, 0.4) is 0 Å². The largest absolute Gasteiger partial charge is 0.492 e. The Morgan fingerprint density at radius 1 is 1.04 bits per heavy atom. The van der Waals surface area contributed by atoms with Gasteiger partial charge in [0.15, 0.2) is 0 Å². The molecule has 0 N–H and O–H groups in total. The monoisotopic (exact) mass is 388 g/mol. The smallest absolute Gasteiger partial charge is 0.255 e. The molecule has 126 valence electrons. The number of rotatable bonds is 4. The SMILES string of the molecule is CCOc1ccccc1N1CCN(C(=O)c2ccccc2Br)CC1. The zero-order chi connectivity index (χ0) is 16.9. The minimum Gasteiger partial charge on any atom is -0.492 e. The maximum Gasteiger partial charge on any atom is 0.255 e. The van der Waals surface area contributed by atoms with Crippen LogP contribution in [0.1, 0.15) is 17.3 Å². The Morgan fingerprint density at radius 3 is 2.42 bits per heavy atom. The number of nitrogens with zero attached hydrogens (tertiary/aromatic N) is 2. The van der Waals surface area contributed by atoms with Gasteiger partial charge < -0.3 is 14.5 Å². The van der Waals surface area contributed by atoms with Crippen molar-refractivity contribution in [3.05, 3.63) is 58.6 Å². The molecule has 1 fully saturated rings. The summed E-state index contributed by atoms with van der Waals surface area (Å²) in [7, 11) is 0. The third kappa shape index (κ3) is 3.56. The maximum absolute atomic E-state index is 12.7. The first-order valence-corrected chi connectivity index (χ1v) is 9.00. The van der Waals surface area contributed by atoms with E-state index in [2.05, 4.69) is 26.9 Å². The Bertz CT molecular complexity index is 712. The van der Waals surface area contributed by atoms with Crippen molar-refractivity contribution in [2.24, 2.45) is 0 Å². The van der Waals surface area contributed by atoms with Crippen LogP contribution >= 0.6 is 15.9 Å². The lowest BCUT2D eigenvalue weighted by Gasteiger charge is -2.36. The second-order valence-corrected chi connectivity index (χ2v) is 6.51. The quantitative estimate of drug-likeness (QED) is 0.797. The van der Waals surface area contributed by atoms with Crippen LogP contribution in [-0.2, 0) is 0 Å². The Hall–Kier alpha value is -2.01. The van der Waals surface area contributed by atoms with Gasteiger partial charge in [-0.05, 0) is 47.1 Å². The minimum atomic E-state index is 0.0835. The van der Waals surface area contributed by atoms with Crippen molar-refractivity contribution in [2.45, 2.75) is 6.92 Å². The molecule has 0 saturated carbocycles. The van der Waals surface area contributed by atoms with Gasteiger partial charge in [0.05, 0.1) is 17.9 Å². The number of hydrogen-bond acceptors (Lipinski definition) is 3. The summed E-state index contributed by atoms with van der Waals surface area (Å²) in [5.41, 5.74) is 1.83. The molecule has 2 aromatic rings. The summed E-state index contributed by atoms with van der Waals surface area (Å²) in [4.78, 5) is 16.9. The van der Waals surface area contributed by atoms with E-state index in [1.807, 2.05) is 54.3 Å². The molecule has 1 amide bonds. The van der Waals surface area contributed by atoms with Crippen LogP contribution in [0.2, 0.25) is 0 Å². The van der Waals surface area contributed by atoms with E-state index >= 15 is 0 Å². The van der Waals surface area contributed by atoms with E-state index in [0.717, 1.165) is 34.6 Å². The number of carbonyl (C=O) groups is 1. The van der Waals surface area contributed by atoms with Crippen LogP contribution in [-0.4, -0.2) is 43.6 Å². The molecule has 0 bridgehead atoms. The maximum atomic E-state index is 12.7. The normalized spacial score (nSPS) is 14.6. The van der Waals surface area contributed by atoms with Crippen molar-refractivity contribution in [3.63, 3.8) is 0 Å². The third-order valence-electron chi connectivity index (χ3n) is 4.18. The minimum absolute atomic E-state index is 0.0835. The van der Waals surface area contributed by atoms with Gasteiger partial charge in [-0.25, -0.2) is 0 Å². The molecule has 1 heterocycles. The number of benzene rings is 2. The highest BCUT2D eigenvalue weighted by atomic mass is 79.9. The molecule has 24 heavy (non-hydrogen) atoms. The zero-order valence-corrected chi connectivity index (χ0v) is 15.3. The van der Waals surface area contributed by atoms with Gasteiger partial charge in [-0.1, -0.05) is 24.3 Å². The van der Waals surface area contributed by atoms with Crippen LogP contribution in [0.4, 0.5) is 5.69 Å². The number of ether oxygens (including phenoxy) is 1. The second kappa shape index (κ2) is 7.71. The summed E-state index contributed by atoms with van der Waals surface area (Å²) in [5.74, 6) is 0.991. The molecule has 0 unspecified atom stereocenters. The number of halogens is 1. The van der Waals surface area contributed by atoms with Crippen molar-refractivity contribution in [1.82, 2.24) is 4.90 Å². The number of anilines is 1. The van der Waals surface area contributed by atoms with E-state index in [4.69, 9.17) is 4.74 Å². The molecule has 0 spiro atoms. The Balaban J connectivity index is 1.68. The van der Waals surface area contributed by atoms with E-state index in [0.29, 0.717) is 19.7 Å². The Morgan fingerprint density at radius 2 is 1.71 bits per heavy atom. The second-order valence-electron chi connectivity index (χ2n) is 5.66. The predicted octanol–water partition coefficient (Wildman–Crippen LogP) is 3.81. The van der Waals surface area contributed by atoms with E-state index < -0.39 is 0 Å². The molecule has 0 atom stereocenters. The average molecular weight is 389 g/mol. The molecule has 1 aliphatic heterocycles. The van der Waals surface area contributed by atoms with Gasteiger partial charge in [0.1, 0.15) is 5.75 Å². The first-order valence-electron chi connectivity index (χ1n) is 8.21. The fourth-order valence-corrected chi connectivity index (χ4v) is 3.41. The highest BCUT2D eigenvalue weighted by Crippen LogP contribution is 2.29. The average Bonchev–Trinajstić information content (AvgIpc) is 2.63. The van der Waals surface area contributed by atoms with Crippen molar-refractivity contribution in [1.29, 1.82) is 0 Å². The summed E-state index contributed by atoms with van der Waals surface area (Å²) in [6.45, 7) is 5.67. The Kier molecular flexibility index (Phi) is 5.41. The molecule has 4 nitrogen and oxygen atoms in total. The van der Waals surface area contributed by atoms with Crippen molar-refractivity contribution >= 4 is 27.5 Å². The summed E-state index contributed by atoms with van der Waals surface area (Å²) in [6, 6.07) is 15.7. The lowest BCUT2D eigenvalue weighted by Crippen LogP contribution is -2.49. The number of amides is 1. The van der Waals surface area contributed by atoms with Crippen LogP contribution in [0.15, 0.2) is 53.0 Å². The number of carbonyl (C=O) groups excluding carboxylic acids is 1. The van der Waals surface area contributed by atoms with Gasteiger partial charge in [0.2, 0.25) is 0 Å². The molecule has 0 radical (unpaired) electrons. The molecule has 3 rings (SSSR count). The molecular formula is C19H21BrN2O2. The Labute approximate surface area is 151 Å². The molecule has 0 aromatic heterocycles. The molecular weight excluding hydrogens is 368 g/mol. The van der Waals surface area contributed by atoms with Crippen LogP contribution < -0.4 is 9.64 Å². The van der Waals surface area contributed by atoms with Crippen molar-refractivity contribution in [2.75, 3.05) is 37.7 Å². The van der Waals surface area contributed by atoms with Gasteiger partial charge in [-0.15, -0.1) is 0 Å². The lowest BCUT2D eigenvalue weighted by molar-refractivity contribution is 0.0746. The topological polar surface area (TPSA) is 32.8 Å². The first-order chi connectivity index (χ1) is 11.7. The van der Waals surface area contributed by atoms with E-state index in [-0.39, 0.29) is 5.91 Å². The van der Waals surface area contributed by atoms with Crippen LogP contribution in [0, 0.1) is 0 Å². The summed E-state index contributed by atoms with van der Waals surface area (Å²) < 4.78 is 6.57. The summed E-state index contributed by atoms with van der Waals surface area (Å²) in [5, 5.41) is 0. The highest BCUT2D eigenvalue weighted by molar-refractivity contribution is 9.10. The van der Waals surface area contributed by atoms with Gasteiger partial charge in [0, 0.05) is 30.7 Å². The van der Waals surface area contributed by atoms with Crippen LogP contribution in [0.5, 0.6) is 5.75 Å². The first kappa shape index (κ1) is 16.8. The van der Waals surface area contributed by atoms with Crippen LogP contribution in [0.25, 0.3) is 0 Å². The van der Waals surface area contributed by atoms with E-state index in [1.165, 1.54) is 0 Å². The molecule has 2 aromatic carbocycles. The third-order valence-corrected chi connectivity index (χ3v) is 4.87. The number of piperazine rings is 1. The lowest BCUT2D eigenvalue weighted by atomic mass is 10.1. The van der Waals surface area contributed by atoms with Gasteiger partial charge >= 0.3 is 0 Å². The van der Waals surface area contributed by atoms with E-state index in [9.17, 15) is 4.79 Å².